The van der Waals surface area contributed by atoms with Crippen molar-refractivity contribution >= 4 is 11.3 Å². The number of thiophene rings is 1. The minimum absolute atomic E-state index is 0.0307. The number of ether oxygens (including phenoxy) is 1. The highest BCUT2D eigenvalue weighted by Gasteiger charge is 2.26. The number of hydrogen-bond acceptors (Lipinski definition) is 6. The standard InChI is InChI=1S/C11H13N3O2S/c1-15-6-9-13-11(16-14-9)10-7-3-5-17-8(7)2-4-12-10/h3,5,10,12H,2,4,6H2,1H3. The summed E-state index contributed by atoms with van der Waals surface area (Å²) >= 11 is 1.79. The molecule has 0 radical (unpaired) electrons. The first-order valence-electron chi connectivity index (χ1n) is 5.49. The van der Waals surface area contributed by atoms with Gasteiger partial charge < -0.3 is 14.6 Å². The highest BCUT2D eigenvalue weighted by atomic mass is 32.1. The zero-order chi connectivity index (χ0) is 11.7. The van der Waals surface area contributed by atoms with Gasteiger partial charge in [0.15, 0.2) is 5.82 Å². The predicted molar refractivity (Wildman–Crippen MR) is 62.9 cm³/mol. The molecule has 0 saturated carbocycles. The van der Waals surface area contributed by atoms with Crippen molar-refractivity contribution in [1.29, 1.82) is 0 Å². The number of nitrogens with zero attached hydrogens (tertiary/aromatic N) is 2. The molecule has 0 saturated heterocycles. The van der Waals surface area contributed by atoms with Crippen LogP contribution in [-0.4, -0.2) is 23.8 Å². The normalized spacial score (nSPS) is 19.2. The SMILES string of the molecule is COCc1noc(C2NCCc3sccc32)n1. The van der Waals surface area contributed by atoms with Gasteiger partial charge in [0.05, 0.1) is 0 Å². The Kier molecular flexibility index (Phi) is 2.92. The van der Waals surface area contributed by atoms with Gasteiger partial charge in [-0.05, 0) is 23.4 Å². The maximum atomic E-state index is 5.28. The molecule has 1 aliphatic rings. The zero-order valence-corrected chi connectivity index (χ0v) is 10.3. The lowest BCUT2D eigenvalue weighted by atomic mass is 10.0. The molecule has 1 unspecified atom stereocenters. The molecule has 1 atom stereocenters. The molecule has 0 fully saturated rings. The Balaban J connectivity index is 1.90. The van der Waals surface area contributed by atoms with Crippen molar-refractivity contribution in [3.63, 3.8) is 0 Å². The van der Waals surface area contributed by atoms with Gasteiger partial charge in [0.1, 0.15) is 12.6 Å². The van der Waals surface area contributed by atoms with Gasteiger partial charge in [0.25, 0.3) is 0 Å². The molecule has 6 heteroatoms. The van der Waals surface area contributed by atoms with Crippen LogP contribution < -0.4 is 5.32 Å². The second kappa shape index (κ2) is 4.56. The lowest BCUT2D eigenvalue weighted by Gasteiger charge is -2.20. The fraction of sp³-hybridized carbons (Fsp3) is 0.455. The highest BCUT2D eigenvalue weighted by Crippen LogP contribution is 2.31. The average molecular weight is 251 g/mol. The third-order valence-corrected chi connectivity index (χ3v) is 3.79. The van der Waals surface area contributed by atoms with E-state index in [-0.39, 0.29) is 6.04 Å². The summed E-state index contributed by atoms with van der Waals surface area (Å²) in [6.07, 6.45) is 1.07. The van der Waals surface area contributed by atoms with Gasteiger partial charge in [0.2, 0.25) is 5.89 Å². The molecule has 0 bridgehead atoms. The third-order valence-electron chi connectivity index (χ3n) is 2.80. The van der Waals surface area contributed by atoms with Crippen molar-refractivity contribution in [3.8, 4) is 0 Å². The van der Waals surface area contributed by atoms with Gasteiger partial charge in [-0.1, -0.05) is 5.16 Å². The molecule has 1 N–H and O–H groups in total. The maximum absolute atomic E-state index is 5.28. The first-order valence-corrected chi connectivity index (χ1v) is 6.37. The summed E-state index contributed by atoms with van der Waals surface area (Å²) in [4.78, 5) is 5.74. The number of hydrogen-bond donors (Lipinski definition) is 1. The van der Waals surface area contributed by atoms with E-state index in [0.717, 1.165) is 13.0 Å². The smallest absolute Gasteiger partial charge is 0.248 e. The van der Waals surface area contributed by atoms with Gasteiger partial charge in [-0.3, -0.25) is 0 Å². The molecule has 0 amide bonds. The first kappa shape index (κ1) is 10.9. The topological polar surface area (TPSA) is 60.2 Å². The molecular formula is C11H13N3O2S. The molecule has 5 nitrogen and oxygen atoms in total. The number of rotatable bonds is 3. The molecule has 17 heavy (non-hydrogen) atoms. The van der Waals surface area contributed by atoms with Crippen LogP contribution in [0.15, 0.2) is 16.0 Å². The van der Waals surface area contributed by atoms with E-state index in [1.807, 2.05) is 0 Å². The largest absolute Gasteiger partial charge is 0.377 e. The average Bonchev–Trinajstić information content (AvgIpc) is 2.96. The van der Waals surface area contributed by atoms with Crippen LogP contribution in [-0.2, 0) is 17.8 Å². The van der Waals surface area contributed by atoms with Crippen molar-refractivity contribution < 1.29 is 9.26 Å². The van der Waals surface area contributed by atoms with Crippen LogP contribution in [0.3, 0.4) is 0 Å². The predicted octanol–water partition coefficient (Wildman–Crippen LogP) is 1.51. The van der Waals surface area contributed by atoms with Crippen molar-refractivity contribution in [2.45, 2.75) is 19.1 Å². The van der Waals surface area contributed by atoms with E-state index < -0.39 is 0 Å². The fourth-order valence-corrected chi connectivity index (χ4v) is 2.96. The van der Waals surface area contributed by atoms with Crippen LogP contribution in [0.25, 0.3) is 0 Å². The fourth-order valence-electron chi connectivity index (χ4n) is 2.04. The Hall–Kier alpha value is -1.24. The summed E-state index contributed by atoms with van der Waals surface area (Å²) in [7, 11) is 1.62. The summed E-state index contributed by atoms with van der Waals surface area (Å²) in [6, 6.07) is 2.15. The lowest BCUT2D eigenvalue weighted by molar-refractivity contribution is 0.174. The quantitative estimate of drug-likeness (QED) is 0.896. The van der Waals surface area contributed by atoms with Crippen molar-refractivity contribution in [3.05, 3.63) is 33.6 Å². The van der Waals surface area contributed by atoms with E-state index in [4.69, 9.17) is 9.26 Å². The van der Waals surface area contributed by atoms with Gasteiger partial charge in [0, 0.05) is 18.5 Å². The molecule has 0 spiro atoms. The van der Waals surface area contributed by atoms with Gasteiger partial charge in [-0.15, -0.1) is 11.3 Å². The number of nitrogens with one attached hydrogen (secondary N) is 1. The Morgan fingerprint density at radius 2 is 2.59 bits per heavy atom. The Labute approximate surface area is 103 Å². The Morgan fingerprint density at radius 3 is 3.47 bits per heavy atom. The molecule has 3 heterocycles. The van der Waals surface area contributed by atoms with Crippen molar-refractivity contribution in [2.75, 3.05) is 13.7 Å². The van der Waals surface area contributed by atoms with Crippen LogP contribution in [0.1, 0.15) is 28.2 Å². The highest BCUT2D eigenvalue weighted by molar-refractivity contribution is 7.10. The molecule has 1 aliphatic heterocycles. The molecule has 2 aromatic rings. The van der Waals surface area contributed by atoms with E-state index in [2.05, 4.69) is 26.9 Å². The van der Waals surface area contributed by atoms with Gasteiger partial charge in [-0.2, -0.15) is 4.98 Å². The molecule has 0 aromatic carbocycles. The second-order valence-electron chi connectivity index (χ2n) is 3.92. The van der Waals surface area contributed by atoms with E-state index in [0.29, 0.717) is 18.3 Å². The van der Waals surface area contributed by atoms with Crippen molar-refractivity contribution in [1.82, 2.24) is 15.5 Å². The number of fused-ring (bicyclic) bond motifs is 1. The van der Waals surface area contributed by atoms with E-state index in [1.54, 1.807) is 18.4 Å². The molecular weight excluding hydrogens is 238 g/mol. The third kappa shape index (κ3) is 1.99. The summed E-state index contributed by atoms with van der Waals surface area (Å²) in [5.41, 5.74) is 1.26. The van der Waals surface area contributed by atoms with E-state index >= 15 is 0 Å². The molecule has 0 aliphatic carbocycles. The van der Waals surface area contributed by atoms with Gasteiger partial charge >= 0.3 is 0 Å². The molecule has 2 aromatic heterocycles. The molecule has 90 valence electrons. The van der Waals surface area contributed by atoms with Crippen LogP contribution >= 0.6 is 11.3 Å². The Morgan fingerprint density at radius 1 is 1.65 bits per heavy atom. The zero-order valence-electron chi connectivity index (χ0n) is 9.47. The van der Waals surface area contributed by atoms with Gasteiger partial charge in [-0.25, -0.2) is 0 Å². The summed E-state index contributed by atoms with van der Waals surface area (Å²) in [6.45, 7) is 1.33. The Bertz CT molecular complexity index is 508. The van der Waals surface area contributed by atoms with Crippen LogP contribution in [0.5, 0.6) is 0 Å². The van der Waals surface area contributed by atoms with Crippen LogP contribution in [0.4, 0.5) is 0 Å². The van der Waals surface area contributed by atoms with E-state index in [9.17, 15) is 0 Å². The first-order chi connectivity index (χ1) is 8.38. The summed E-state index contributed by atoms with van der Waals surface area (Å²) in [5, 5.41) is 9.40. The molecule has 3 rings (SSSR count). The lowest BCUT2D eigenvalue weighted by Crippen LogP contribution is -2.29. The number of aromatic nitrogens is 2. The monoisotopic (exact) mass is 251 g/mol. The minimum Gasteiger partial charge on any atom is -0.377 e. The van der Waals surface area contributed by atoms with Crippen molar-refractivity contribution in [2.24, 2.45) is 0 Å². The van der Waals surface area contributed by atoms with Crippen LogP contribution in [0, 0.1) is 0 Å². The second-order valence-corrected chi connectivity index (χ2v) is 4.92. The van der Waals surface area contributed by atoms with Crippen LogP contribution in [0.2, 0.25) is 0 Å². The maximum Gasteiger partial charge on any atom is 0.248 e. The summed E-state index contributed by atoms with van der Waals surface area (Å²) in [5.74, 6) is 1.21. The summed E-state index contributed by atoms with van der Waals surface area (Å²) < 4.78 is 10.3. The van der Waals surface area contributed by atoms with E-state index in [1.165, 1.54) is 10.4 Å². The minimum atomic E-state index is 0.0307. The number of methoxy groups -OCH3 is 1.